The minimum Gasteiger partial charge on any atom is -0.489 e. The molecule has 1 heterocycles. The van der Waals surface area contributed by atoms with Crippen LogP contribution in [0.2, 0.25) is 0 Å². The molecular weight excluding hydrogens is 390 g/mol. The molecule has 0 spiro atoms. The molecule has 1 aromatic rings. The molecule has 9 heteroatoms. The van der Waals surface area contributed by atoms with E-state index in [9.17, 15) is 22.0 Å². The van der Waals surface area contributed by atoms with Crippen molar-refractivity contribution in [3.63, 3.8) is 0 Å². The van der Waals surface area contributed by atoms with E-state index >= 15 is 0 Å². The molecule has 1 saturated heterocycles. The molecule has 0 unspecified atom stereocenters. The summed E-state index contributed by atoms with van der Waals surface area (Å²) in [5.41, 5.74) is 5.52. The third kappa shape index (κ3) is 5.75. The first-order valence-corrected chi connectivity index (χ1v) is 10.9. The molecule has 28 heavy (non-hydrogen) atoms. The van der Waals surface area contributed by atoms with Crippen molar-refractivity contribution >= 4 is 15.7 Å². The standard InChI is InChI=1S/C19H26F2N2O4S/c1-2-19(24)23-7-5-14(6-8-23)13-28(25,26)18-4-3-16(9-17(18)21)27-12-15(10-20)11-22/h3-4,9-10,14H,2,5-8,11-13,22H2,1H3/b15-10+. The summed E-state index contributed by atoms with van der Waals surface area (Å²) in [5, 5.41) is 0. The van der Waals surface area contributed by atoms with Gasteiger partial charge in [0.2, 0.25) is 5.91 Å². The van der Waals surface area contributed by atoms with Gasteiger partial charge in [0.05, 0.1) is 12.1 Å². The summed E-state index contributed by atoms with van der Waals surface area (Å²) in [7, 11) is -3.82. The Kier molecular flexibility index (Phi) is 7.94. The molecular formula is C19H26F2N2O4S. The maximum atomic E-state index is 14.4. The number of hydrogen-bond donors (Lipinski definition) is 1. The number of amides is 1. The predicted octanol–water partition coefficient (Wildman–Crippen LogP) is 2.44. The second-order valence-corrected chi connectivity index (χ2v) is 8.81. The van der Waals surface area contributed by atoms with Crippen LogP contribution < -0.4 is 10.5 Å². The lowest BCUT2D eigenvalue weighted by molar-refractivity contribution is -0.132. The van der Waals surface area contributed by atoms with E-state index in [1.165, 1.54) is 6.07 Å². The predicted molar refractivity (Wildman–Crippen MR) is 102 cm³/mol. The van der Waals surface area contributed by atoms with E-state index in [0.717, 1.165) is 12.1 Å². The number of rotatable bonds is 8. The average molecular weight is 416 g/mol. The van der Waals surface area contributed by atoms with Gasteiger partial charge in [-0.1, -0.05) is 6.92 Å². The number of carbonyl (C=O) groups is 1. The maximum Gasteiger partial charge on any atom is 0.222 e. The van der Waals surface area contributed by atoms with Crippen LogP contribution in [0.25, 0.3) is 0 Å². The van der Waals surface area contributed by atoms with E-state index < -0.39 is 15.7 Å². The van der Waals surface area contributed by atoms with Gasteiger partial charge in [0.1, 0.15) is 23.1 Å². The molecule has 0 aliphatic carbocycles. The summed E-state index contributed by atoms with van der Waals surface area (Å²) >= 11 is 0. The van der Waals surface area contributed by atoms with Gasteiger partial charge < -0.3 is 15.4 Å². The highest BCUT2D eigenvalue weighted by Crippen LogP contribution is 2.26. The lowest BCUT2D eigenvalue weighted by Gasteiger charge is -2.31. The van der Waals surface area contributed by atoms with Crippen LogP contribution in [-0.2, 0) is 14.6 Å². The molecule has 1 aliphatic heterocycles. The monoisotopic (exact) mass is 416 g/mol. The van der Waals surface area contributed by atoms with Gasteiger partial charge in [-0.25, -0.2) is 17.2 Å². The van der Waals surface area contributed by atoms with Crippen LogP contribution in [0.1, 0.15) is 26.2 Å². The van der Waals surface area contributed by atoms with Crippen molar-refractivity contribution in [3.8, 4) is 5.75 Å². The van der Waals surface area contributed by atoms with Crippen LogP contribution in [-0.4, -0.2) is 51.2 Å². The van der Waals surface area contributed by atoms with Crippen molar-refractivity contribution in [2.45, 2.75) is 31.1 Å². The molecule has 1 aliphatic rings. The Labute approximate surface area is 164 Å². The zero-order valence-electron chi connectivity index (χ0n) is 15.9. The Bertz CT molecular complexity index is 819. The van der Waals surface area contributed by atoms with Crippen molar-refractivity contribution in [3.05, 3.63) is 35.9 Å². The third-order valence-corrected chi connectivity index (χ3v) is 6.72. The molecule has 6 nitrogen and oxygen atoms in total. The van der Waals surface area contributed by atoms with Crippen molar-refractivity contribution in [1.82, 2.24) is 4.90 Å². The highest BCUT2D eigenvalue weighted by Gasteiger charge is 2.28. The van der Waals surface area contributed by atoms with Gasteiger partial charge in [0.25, 0.3) is 0 Å². The fourth-order valence-corrected chi connectivity index (χ4v) is 4.87. The molecule has 1 amide bonds. The molecule has 0 bridgehead atoms. The Morgan fingerprint density at radius 2 is 2.04 bits per heavy atom. The van der Waals surface area contributed by atoms with Crippen LogP contribution in [0.5, 0.6) is 5.75 Å². The Balaban J connectivity index is 2.01. The summed E-state index contributed by atoms with van der Waals surface area (Å²) in [5.74, 6) is -1.04. The SMILES string of the molecule is CCC(=O)N1CCC(CS(=O)(=O)c2ccc(OC/C(=C/F)CN)cc2F)CC1. The Hall–Kier alpha value is -2.00. The second kappa shape index (κ2) is 9.97. The lowest BCUT2D eigenvalue weighted by atomic mass is 9.99. The van der Waals surface area contributed by atoms with Gasteiger partial charge in [0, 0.05) is 37.7 Å². The number of sulfone groups is 1. The third-order valence-electron chi connectivity index (χ3n) is 4.80. The quantitative estimate of drug-likeness (QED) is 0.703. The van der Waals surface area contributed by atoms with E-state index in [1.807, 2.05) is 0 Å². The topological polar surface area (TPSA) is 89.7 Å². The number of hydrogen-bond acceptors (Lipinski definition) is 5. The normalized spacial score (nSPS) is 16.3. The largest absolute Gasteiger partial charge is 0.489 e. The maximum absolute atomic E-state index is 14.4. The minimum absolute atomic E-state index is 0.0336. The molecule has 2 rings (SSSR count). The number of ether oxygens (including phenoxy) is 1. The fraction of sp³-hybridized carbons (Fsp3) is 0.526. The Morgan fingerprint density at radius 3 is 2.57 bits per heavy atom. The van der Waals surface area contributed by atoms with Crippen LogP contribution in [0.15, 0.2) is 35.0 Å². The highest BCUT2D eigenvalue weighted by molar-refractivity contribution is 7.91. The van der Waals surface area contributed by atoms with Crippen molar-refractivity contribution in [2.75, 3.05) is 32.0 Å². The van der Waals surface area contributed by atoms with Gasteiger partial charge in [-0.3, -0.25) is 4.79 Å². The summed E-state index contributed by atoms with van der Waals surface area (Å²) in [6.07, 6.45) is 1.90. The lowest BCUT2D eigenvalue weighted by Crippen LogP contribution is -2.39. The van der Waals surface area contributed by atoms with E-state index in [0.29, 0.717) is 38.7 Å². The molecule has 1 aromatic carbocycles. The van der Waals surface area contributed by atoms with E-state index in [-0.39, 0.29) is 46.9 Å². The molecule has 0 atom stereocenters. The number of piperidine rings is 1. The number of benzene rings is 1. The average Bonchev–Trinajstić information content (AvgIpc) is 2.68. The summed E-state index contributed by atoms with van der Waals surface area (Å²) in [4.78, 5) is 13.1. The van der Waals surface area contributed by atoms with Gasteiger partial charge in [-0.15, -0.1) is 0 Å². The van der Waals surface area contributed by atoms with Gasteiger partial charge >= 0.3 is 0 Å². The van der Waals surface area contributed by atoms with Crippen LogP contribution in [0.3, 0.4) is 0 Å². The zero-order chi connectivity index (χ0) is 20.7. The number of nitrogens with two attached hydrogens (primary N) is 1. The van der Waals surface area contributed by atoms with Crippen molar-refractivity contribution < 1.29 is 26.7 Å². The van der Waals surface area contributed by atoms with Gasteiger partial charge in [-0.05, 0) is 30.9 Å². The van der Waals surface area contributed by atoms with Crippen LogP contribution >= 0.6 is 0 Å². The first-order valence-electron chi connectivity index (χ1n) is 9.21. The number of likely N-dealkylation sites (tertiary alicyclic amines) is 1. The van der Waals surface area contributed by atoms with Gasteiger partial charge in [-0.2, -0.15) is 0 Å². The molecule has 156 valence electrons. The molecule has 0 saturated carbocycles. The Morgan fingerprint density at radius 1 is 1.36 bits per heavy atom. The smallest absolute Gasteiger partial charge is 0.222 e. The molecule has 0 radical (unpaired) electrons. The number of halogens is 2. The van der Waals surface area contributed by atoms with Crippen LogP contribution in [0, 0.1) is 11.7 Å². The van der Waals surface area contributed by atoms with Crippen LogP contribution in [0.4, 0.5) is 8.78 Å². The summed E-state index contributed by atoms with van der Waals surface area (Å²) in [6, 6.07) is 3.48. The first-order chi connectivity index (χ1) is 13.3. The van der Waals surface area contributed by atoms with E-state index in [1.54, 1.807) is 11.8 Å². The molecule has 1 fully saturated rings. The fourth-order valence-electron chi connectivity index (χ4n) is 3.11. The number of carbonyl (C=O) groups excluding carboxylic acids is 1. The van der Waals surface area contributed by atoms with E-state index in [4.69, 9.17) is 10.5 Å². The highest BCUT2D eigenvalue weighted by atomic mass is 32.2. The molecule has 2 N–H and O–H groups in total. The molecule has 0 aromatic heterocycles. The van der Waals surface area contributed by atoms with E-state index in [2.05, 4.69) is 0 Å². The zero-order valence-corrected chi connectivity index (χ0v) is 16.7. The first kappa shape index (κ1) is 22.3. The summed E-state index contributed by atoms with van der Waals surface area (Å²) < 4.78 is 57.3. The number of nitrogens with zero attached hydrogens (tertiary/aromatic N) is 1. The second-order valence-electron chi connectivity index (χ2n) is 6.81. The van der Waals surface area contributed by atoms with Gasteiger partial charge in [0.15, 0.2) is 9.84 Å². The van der Waals surface area contributed by atoms with Crippen molar-refractivity contribution in [2.24, 2.45) is 11.7 Å². The summed E-state index contributed by atoms with van der Waals surface area (Å²) in [6.45, 7) is 2.66. The van der Waals surface area contributed by atoms with Crippen molar-refractivity contribution in [1.29, 1.82) is 0 Å². The minimum atomic E-state index is -3.82.